The van der Waals surface area contributed by atoms with Crippen molar-refractivity contribution in [2.45, 2.75) is 105 Å². The summed E-state index contributed by atoms with van der Waals surface area (Å²) in [5.41, 5.74) is 9.92. The highest BCUT2D eigenvalue weighted by atomic mass is 16.3. The summed E-state index contributed by atoms with van der Waals surface area (Å²) in [5.74, 6) is 0.878. The molecule has 0 spiro atoms. The minimum atomic E-state index is -0.263. The third-order valence-electron chi connectivity index (χ3n) is 6.78. The Morgan fingerprint density at radius 2 is 0.805 bits per heavy atom. The fourth-order valence-corrected chi connectivity index (χ4v) is 4.50. The molecule has 0 unspecified atom stereocenters. The molecule has 0 fully saturated rings. The number of hydrogen-bond acceptors (Lipinski definition) is 8. The number of nitrogen functional groups attached to an aromatic ring is 1. The van der Waals surface area contributed by atoms with E-state index >= 15 is 0 Å². The second-order valence-corrected chi connectivity index (χ2v) is 14.7. The molecule has 220 valence electrons. The van der Waals surface area contributed by atoms with Crippen LogP contribution in [0.4, 0.5) is 17.8 Å². The molecule has 0 saturated carbocycles. The highest BCUT2D eigenvalue weighted by Crippen LogP contribution is 2.41. The highest BCUT2D eigenvalue weighted by molar-refractivity contribution is 5.84. The van der Waals surface area contributed by atoms with E-state index in [1.807, 2.05) is 24.3 Å². The number of aliphatic imine (C=N–C) groups is 2. The van der Waals surface area contributed by atoms with Crippen LogP contribution in [-0.4, -0.2) is 37.6 Å². The normalized spacial score (nSPS) is 13.5. The molecule has 8 nitrogen and oxygen atoms in total. The van der Waals surface area contributed by atoms with Crippen molar-refractivity contribution in [2.75, 3.05) is 5.73 Å². The van der Waals surface area contributed by atoms with Gasteiger partial charge in [-0.1, -0.05) is 83.1 Å². The smallest absolute Gasteiger partial charge is 0.256 e. The molecule has 0 radical (unpaired) electrons. The van der Waals surface area contributed by atoms with Gasteiger partial charge in [-0.2, -0.15) is 15.0 Å². The molecule has 0 saturated heterocycles. The minimum absolute atomic E-state index is 0.00670. The SMILES string of the molecule is CC(C)(C)c1cc(/C=N/c2nc(N)nc(/N=C/c3cc(C(C)(C)C)c(O)c(C(C)(C)C)c3)n2)cc(C(C)(C)C)c1O. The third-order valence-corrected chi connectivity index (χ3v) is 6.78. The maximum Gasteiger partial charge on any atom is 0.256 e. The maximum atomic E-state index is 11.0. The number of rotatable bonds is 4. The molecule has 2 aromatic carbocycles. The van der Waals surface area contributed by atoms with Gasteiger partial charge in [0, 0.05) is 34.7 Å². The lowest BCUT2D eigenvalue weighted by molar-refractivity contribution is 0.422. The van der Waals surface area contributed by atoms with Crippen molar-refractivity contribution in [2.24, 2.45) is 9.98 Å². The summed E-state index contributed by atoms with van der Waals surface area (Å²) in [6.07, 6.45) is 3.33. The lowest BCUT2D eigenvalue weighted by Crippen LogP contribution is -2.17. The van der Waals surface area contributed by atoms with Crippen molar-refractivity contribution in [1.82, 2.24) is 15.0 Å². The first-order valence-electron chi connectivity index (χ1n) is 13.9. The molecular weight excluding hydrogens is 512 g/mol. The van der Waals surface area contributed by atoms with Gasteiger partial charge in [-0.15, -0.1) is 0 Å². The molecule has 41 heavy (non-hydrogen) atoms. The van der Waals surface area contributed by atoms with E-state index in [0.29, 0.717) is 11.5 Å². The third kappa shape index (κ3) is 7.69. The summed E-state index contributed by atoms with van der Waals surface area (Å²) in [5, 5.41) is 22.0. The number of aromatic hydroxyl groups is 2. The van der Waals surface area contributed by atoms with Gasteiger partial charge in [0.1, 0.15) is 11.5 Å². The number of hydrogen-bond donors (Lipinski definition) is 3. The maximum absolute atomic E-state index is 11.0. The molecule has 0 atom stereocenters. The Morgan fingerprint density at radius 3 is 1.05 bits per heavy atom. The van der Waals surface area contributed by atoms with Crippen LogP contribution in [0.1, 0.15) is 116 Å². The van der Waals surface area contributed by atoms with Gasteiger partial charge >= 0.3 is 0 Å². The summed E-state index contributed by atoms with van der Waals surface area (Å²) < 4.78 is 0. The van der Waals surface area contributed by atoms with Crippen LogP contribution in [0.2, 0.25) is 0 Å². The predicted octanol–water partition coefficient (Wildman–Crippen LogP) is 7.56. The Bertz CT molecular complexity index is 1310. The molecule has 1 heterocycles. The number of phenols is 2. The topological polar surface area (TPSA) is 130 Å². The number of nitrogens with zero attached hydrogens (tertiary/aromatic N) is 5. The van der Waals surface area contributed by atoms with E-state index in [1.165, 1.54) is 0 Å². The lowest BCUT2D eigenvalue weighted by Gasteiger charge is -2.27. The van der Waals surface area contributed by atoms with E-state index in [0.717, 1.165) is 33.4 Å². The Kier molecular flexibility index (Phi) is 8.41. The summed E-state index contributed by atoms with van der Waals surface area (Å²) in [4.78, 5) is 21.7. The molecule has 0 aliphatic carbocycles. The van der Waals surface area contributed by atoms with Crippen LogP contribution < -0.4 is 5.73 Å². The molecule has 0 aliphatic rings. The van der Waals surface area contributed by atoms with Crippen molar-refractivity contribution in [3.05, 3.63) is 57.6 Å². The average Bonchev–Trinajstić information content (AvgIpc) is 2.79. The van der Waals surface area contributed by atoms with Crippen molar-refractivity contribution < 1.29 is 10.2 Å². The highest BCUT2D eigenvalue weighted by Gasteiger charge is 2.27. The number of anilines is 1. The van der Waals surface area contributed by atoms with Crippen molar-refractivity contribution in [3.8, 4) is 11.5 Å². The molecular formula is C33H46N6O2. The van der Waals surface area contributed by atoms with E-state index < -0.39 is 0 Å². The number of aromatic nitrogens is 3. The van der Waals surface area contributed by atoms with E-state index in [9.17, 15) is 10.2 Å². The second kappa shape index (κ2) is 10.9. The van der Waals surface area contributed by atoms with Crippen molar-refractivity contribution >= 4 is 30.3 Å². The molecule has 1 aromatic heterocycles. The van der Waals surface area contributed by atoms with Gasteiger partial charge in [0.25, 0.3) is 11.9 Å². The Hall–Kier alpha value is -3.81. The fraction of sp³-hybridized carbons (Fsp3) is 0.485. The van der Waals surface area contributed by atoms with Crippen LogP contribution in [-0.2, 0) is 21.7 Å². The van der Waals surface area contributed by atoms with Crippen molar-refractivity contribution in [3.63, 3.8) is 0 Å². The van der Waals surface area contributed by atoms with E-state index in [2.05, 4.69) is 108 Å². The van der Waals surface area contributed by atoms with Gasteiger partial charge in [-0.25, -0.2) is 9.98 Å². The molecule has 3 aromatic rings. The number of phenolic OH excluding ortho intramolecular Hbond substituents is 2. The Balaban J connectivity index is 2.03. The quantitative estimate of drug-likeness (QED) is 0.283. The Labute approximate surface area is 244 Å². The van der Waals surface area contributed by atoms with Gasteiger partial charge in [-0.05, 0) is 57.1 Å². The van der Waals surface area contributed by atoms with Crippen LogP contribution in [0.3, 0.4) is 0 Å². The largest absolute Gasteiger partial charge is 0.507 e. The molecule has 4 N–H and O–H groups in total. The summed E-state index contributed by atoms with van der Waals surface area (Å²) >= 11 is 0. The zero-order chi connectivity index (χ0) is 31.1. The molecule has 0 bridgehead atoms. The second-order valence-electron chi connectivity index (χ2n) is 14.7. The molecule has 0 aliphatic heterocycles. The van der Waals surface area contributed by atoms with Crippen molar-refractivity contribution in [1.29, 1.82) is 0 Å². The van der Waals surface area contributed by atoms with E-state index in [4.69, 9.17) is 5.73 Å². The first-order valence-corrected chi connectivity index (χ1v) is 13.9. The van der Waals surface area contributed by atoms with Crippen LogP contribution >= 0.6 is 0 Å². The minimum Gasteiger partial charge on any atom is -0.507 e. The monoisotopic (exact) mass is 558 g/mol. The summed E-state index contributed by atoms with van der Waals surface area (Å²) in [7, 11) is 0. The summed E-state index contributed by atoms with van der Waals surface area (Å²) in [6, 6.07) is 7.73. The van der Waals surface area contributed by atoms with Gasteiger partial charge in [0.2, 0.25) is 5.95 Å². The molecule has 0 amide bonds. The van der Waals surface area contributed by atoms with Gasteiger partial charge in [-0.3, -0.25) is 0 Å². The zero-order valence-electron chi connectivity index (χ0n) is 26.7. The predicted molar refractivity (Wildman–Crippen MR) is 170 cm³/mol. The van der Waals surface area contributed by atoms with Crippen LogP contribution in [0.15, 0.2) is 34.3 Å². The Morgan fingerprint density at radius 1 is 0.537 bits per heavy atom. The van der Waals surface area contributed by atoms with Crippen LogP contribution in [0.25, 0.3) is 0 Å². The first-order chi connectivity index (χ1) is 18.6. The van der Waals surface area contributed by atoms with Crippen LogP contribution in [0, 0.1) is 0 Å². The summed E-state index contributed by atoms with van der Waals surface area (Å²) in [6.45, 7) is 24.8. The van der Waals surface area contributed by atoms with Gasteiger partial charge < -0.3 is 15.9 Å². The van der Waals surface area contributed by atoms with Crippen LogP contribution in [0.5, 0.6) is 11.5 Å². The number of benzene rings is 2. The van der Waals surface area contributed by atoms with E-state index in [-0.39, 0.29) is 39.5 Å². The lowest BCUT2D eigenvalue weighted by atomic mass is 9.78. The average molecular weight is 559 g/mol. The fourth-order valence-electron chi connectivity index (χ4n) is 4.50. The zero-order valence-corrected chi connectivity index (χ0v) is 26.7. The molecule has 8 heteroatoms. The van der Waals surface area contributed by atoms with Gasteiger partial charge in [0.05, 0.1) is 0 Å². The molecule has 3 rings (SSSR count). The first kappa shape index (κ1) is 31.7. The van der Waals surface area contributed by atoms with E-state index in [1.54, 1.807) is 12.4 Å². The number of nitrogens with two attached hydrogens (primary N) is 1. The van der Waals surface area contributed by atoms with Gasteiger partial charge in [0.15, 0.2) is 0 Å². The standard InChI is InChI=1S/C33H46N6O2/c1-30(2,3)21-13-19(14-22(25(21)40)31(4,5)6)17-35-28-37-27(34)38-29(39-28)36-18-20-15-23(32(7,8)9)26(41)24(16-20)33(10,11)12/h13-18,40-41H,1-12H3,(H2,34,37,38,39)/b35-17+,36-18+.